The summed E-state index contributed by atoms with van der Waals surface area (Å²) in [6.07, 6.45) is 8.59. The Hall–Kier alpha value is -3.35. The van der Waals surface area contributed by atoms with Crippen LogP contribution in [0.1, 0.15) is 11.3 Å². The molecule has 0 bridgehead atoms. The number of hydrogen-bond acceptors (Lipinski definition) is 4. The minimum Gasteiger partial charge on any atom is -0.497 e. The lowest BCUT2D eigenvalue weighted by Crippen LogP contribution is -2.20. The summed E-state index contributed by atoms with van der Waals surface area (Å²) in [5.41, 5.74) is 2.58. The first-order chi connectivity index (χ1) is 12.1. The lowest BCUT2D eigenvalue weighted by Gasteiger charge is -2.03. The quantitative estimate of drug-likeness (QED) is 0.698. The Morgan fingerprint density at radius 1 is 1.28 bits per heavy atom. The van der Waals surface area contributed by atoms with Gasteiger partial charge in [-0.1, -0.05) is 0 Å². The molecule has 7 heteroatoms. The van der Waals surface area contributed by atoms with Crippen LogP contribution in [0.15, 0.2) is 55.0 Å². The van der Waals surface area contributed by atoms with Crippen LogP contribution >= 0.6 is 0 Å². The normalized spacial score (nSPS) is 11.0. The summed E-state index contributed by atoms with van der Waals surface area (Å²) < 4.78 is 8.58. The molecule has 0 atom stereocenters. The average molecular weight is 337 g/mol. The molecule has 3 aromatic rings. The van der Waals surface area contributed by atoms with Crippen LogP contribution in [-0.2, 0) is 18.4 Å². The summed E-state index contributed by atoms with van der Waals surface area (Å²) in [7, 11) is 3.46. The van der Waals surface area contributed by atoms with E-state index in [0.29, 0.717) is 6.54 Å². The Balaban J connectivity index is 1.55. The highest BCUT2D eigenvalue weighted by Crippen LogP contribution is 2.14. The molecule has 1 aromatic carbocycles. The van der Waals surface area contributed by atoms with Gasteiger partial charge in [-0.05, 0) is 36.4 Å². The topological polar surface area (TPSA) is 74.0 Å². The first-order valence-electron chi connectivity index (χ1n) is 7.77. The van der Waals surface area contributed by atoms with Gasteiger partial charge in [-0.25, -0.2) is 4.68 Å². The largest absolute Gasteiger partial charge is 0.497 e. The van der Waals surface area contributed by atoms with Crippen molar-refractivity contribution >= 4 is 12.0 Å². The smallest absolute Gasteiger partial charge is 0.244 e. The molecule has 1 amide bonds. The van der Waals surface area contributed by atoms with Crippen molar-refractivity contribution in [3.63, 3.8) is 0 Å². The maximum absolute atomic E-state index is 11.9. The van der Waals surface area contributed by atoms with Gasteiger partial charge in [-0.15, -0.1) is 0 Å². The van der Waals surface area contributed by atoms with Crippen LogP contribution in [0.5, 0.6) is 5.75 Å². The first kappa shape index (κ1) is 16.5. The number of nitrogens with zero attached hydrogens (tertiary/aromatic N) is 4. The van der Waals surface area contributed by atoms with E-state index in [1.54, 1.807) is 28.7 Å². The van der Waals surface area contributed by atoms with E-state index in [9.17, 15) is 4.79 Å². The second kappa shape index (κ2) is 7.48. The SMILES string of the molecule is COc1ccc(-n2ccc(CNC(=O)/C=C/c3cnn(C)c3)n2)cc1. The van der Waals surface area contributed by atoms with Gasteiger partial charge in [0.15, 0.2) is 0 Å². The van der Waals surface area contributed by atoms with E-state index in [2.05, 4.69) is 15.5 Å². The predicted molar refractivity (Wildman–Crippen MR) is 94.2 cm³/mol. The second-order valence-electron chi connectivity index (χ2n) is 5.45. The molecular formula is C18H19N5O2. The van der Waals surface area contributed by atoms with Crippen LogP contribution in [-0.4, -0.2) is 32.6 Å². The molecule has 0 aliphatic rings. The summed E-state index contributed by atoms with van der Waals surface area (Å²) in [5.74, 6) is 0.617. The van der Waals surface area contributed by atoms with Crippen molar-refractivity contribution in [1.82, 2.24) is 24.9 Å². The molecule has 1 N–H and O–H groups in total. The molecule has 0 unspecified atom stereocenters. The molecule has 2 aromatic heterocycles. The van der Waals surface area contributed by atoms with Crippen molar-refractivity contribution in [3.8, 4) is 11.4 Å². The van der Waals surface area contributed by atoms with Crippen LogP contribution in [0.25, 0.3) is 11.8 Å². The molecular weight excluding hydrogens is 318 g/mol. The Morgan fingerprint density at radius 2 is 2.08 bits per heavy atom. The molecule has 0 aliphatic carbocycles. The number of hydrogen-bond donors (Lipinski definition) is 1. The van der Waals surface area contributed by atoms with Gasteiger partial charge in [-0.2, -0.15) is 10.2 Å². The highest BCUT2D eigenvalue weighted by atomic mass is 16.5. The summed E-state index contributed by atoms with van der Waals surface area (Å²) >= 11 is 0. The Labute approximate surface area is 145 Å². The van der Waals surface area contributed by atoms with Gasteiger partial charge in [0, 0.05) is 31.1 Å². The number of amides is 1. The molecule has 3 rings (SSSR count). The zero-order valence-electron chi connectivity index (χ0n) is 14.1. The van der Waals surface area contributed by atoms with E-state index in [-0.39, 0.29) is 5.91 Å². The van der Waals surface area contributed by atoms with Gasteiger partial charge < -0.3 is 10.1 Å². The Bertz CT molecular complexity index is 877. The fourth-order valence-electron chi connectivity index (χ4n) is 2.27. The van der Waals surface area contributed by atoms with Crippen molar-refractivity contribution in [2.45, 2.75) is 6.54 Å². The van der Waals surface area contributed by atoms with Crippen LogP contribution in [0, 0.1) is 0 Å². The summed E-state index contributed by atoms with van der Waals surface area (Å²) in [5, 5.41) is 11.3. The van der Waals surface area contributed by atoms with Gasteiger partial charge >= 0.3 is 0 Å². The second-order valence-corrected chi connectivity index (χ2v) is 5.45. The highest BCUT2D eigenvalue weighted by Gasteiger charge is 2.03. The maximum Gasteiger partial charge on any atom is 0.244 e. The van der Waals surface area contributed by atoms with Crippen molar-refractivity contribution in [1.29, 1.82) is 0 Å². The highest BCUT2D eigenvalue weighted by molar-refractivity contribution is 5.91. The van der Waals surface area contributed by atoms with Crippen molar-refractivity contribution in [3.05, 3.63) is 66.3 Å². The van der Waals surface area contributed by atoms with Crippen LogP contribution in [0.4, 0.5) is 0 Å². The average Bonchev–Trinajstić information content (AvgIpc) is 3.27. The third kappa shape index (κ3) is 4.35. The van der Waals surface area contributed by atoms with Crippen LogP contribution < -0.4 is 10.1 Å². The number of aryl methyl sites for hydroxylation is 1. The molecule has 7 nitrogen and oxygen atoms in total. The number of benzene rings is 1. The molecule has 0 spiro atoms. The number of ether oxygens (including phenoxy) is 1. The number of aromatic nitrogens is 4. The van der Waals surface area contributed by atoms with E-state index in [0.717, 1.165) is 22.7 Å². The lowest BCUT2D eigenvalue weighted by molar-refractivity contribution is -0.116. The molecule has 0 radical (unpaired) electrons. The summed E-state index contributed by atoms with van der Waals surface area (Å²) in [6, 6.07) is 9.47. The van der Waals surface area contributed by atoms with E-state index in [4.69, 9.17) is 4.74 Å². The van der Waals surface area contributed by atoms with Crippen molar-refractivity contribution in [2.75, 3.05) is 7.11 Å². The molecule has 128 valence electrons. The van der Waals surface area contributed by atoms with Gasteiger partial charge in [0.2, 0.25) is 5.91 Å². The standard InChI is InChI=1S/C18H19N5O2/c1-22-13-14(11-20-22)3-8-18(24)19-12-15-9-10-23(21-15)16-4-6-17(25-2)7-5-16/h3-11,13H,12H2,1-2H3,(H,19,24)/b8-3+. The predicted octanol–water partition coefficient (Wildman–Crippen LogP) is 1.94. The van der Waals surface area contributed by atoms with E-state index >= 15 is 0 Å². The number of nitrogens with one attached hydrogen (secondary N) is 1. The number of methoxy groups -OCH3 is 1. The molecule has 0 saturated carbocycles. The van der Waals surface area contributed by atoms with E-state index in [1.165, 1.54) is 6.08 Å². The van der Waals surface area contributed by atoms with Crippen LogP contribution in [0.2, 0.25) is 0 Å². The van der Waals surface area contributed by atoms with Gasteiger partial charge in [0.05, 0.1) is 31.2 Å². The zero-order valence-corrected chi connectivity index (χ0v) is 14.1. The number of carbonyl (C=O) groups excluding carboxylic acids is 1. The monoisotopic (exact) mass is 337 g/mol. The third-order valence-corrected chi connectivity index (χ3v) is 3.58. The Kier molecular flexibility index (Phi) is 4.94. The minimum absolute atomic E-state index is 0.178. The number of carbonyl (C=O) groups is 1. The van der Waals surface area contributed by atoms with Crippen LogP contribution in [0.3, 0.4) is 0 Å². The fraction of sp³-hybridized carbons (Fsp3) is 0.167. The molecule has 0 aliphatic heterocycles. The first-order valence-corrected chi connectivity index (χ1v) is 7.77. The maximum atomic E-state index is 11.9. The van der Waals surface area contributed by atoms with Crippen molar-refractivity contribution < 1.29 is 9.53 Å². The number of rotatable bonds is 6. The molecule has 25 heavy (non-hydrogen) atoms. The molecule has 0 fully saturated rings. The van der Waals surface area contributed by atoms with E-state index in [1.807, 2.05) is 49.8 Å². The van der Waals surface area contributed by atoms with Gasteiger partial charge in [0.1, 0.15) is 5.75 Å². The van der Waals surface area contributed by atoms with E-state index < -0.39 is 0 Å². The fourth-order valence-corrected chi connectivity index (χ4v) is 2.27. The molecule has 0 saturated heterocycles. The third-order valence-electron chi connectivity index (χ3n) is 3.58. The molecule has 2 heterocycles. The summed E-state index contributed by atoms with van der Waals surface area (Å²) in [6.45, 7) is 0.360. The Morgan fingerprint density at radius 3 is 2.76 bits per heavy atom. The minimum atomic E-state index is -0.178. The van der Waals surface area contributed by atoms with Gasteiger partial charge in [-0.3, -0.25) is 9.48 Å². The summed E-state index contributed by atoms with van der Waals surface area (Å²) in [4.78, 5) is 11.9. The van der Waals surface area contributed by atoms with Crippen molar-refractivity contribution in [2.24, 2.45) is 7.05 Å². The zero-order chi connectivity index (χ0) is 17.6. The lowest BCUT2D eigenvalue weighted by atomic mass is 10.3. The van der Waals surface area contributed by atoms with Gasteiger partial charge in [0.25, 0.3) is 0 Å².